The minimum absolute atomic E-state index is 0.218. The van der Waals surface area contributed by atoms with Gasteiger partial charge in [-0.1, -0.05) is 0 Å². The van der Waals surface area contributed by atoms with Gasteiger partial charge in [0.15, 0.2) is 0 Å². The lowest BCUT2D eigenvalue weighted by molar-refractivity contribution is 0.0904. The molecule has 5 rings (SSSR count). The highest BCUT2D eigenvalue weighted by Gasteiger charge is 2.29. The SMILES string of the molecule is N#Cc1c[nH]c2nc(Nc3ccc(N4CCCS4(O)O)cc3)nc(NC3CCOCC3)c12. The molecular formula is C21H25N7O3S. The van der Waals surface area contributed by atoms with Crippen LogP contribution in [0.15, 0.2) is 30.5 Å². The van der Waals surface area contributed by atoms with E-state index < -0.39 is 10.8 Å². The van der Waals surface area contributed by atoms with Gasteiger partial charge in [-0.15, -0.1) is 10.8 Å². The summed E-state index contributed by atoms with van der Waals surface area (Å²) >= 11 is 0. The van der Waals surface area contributed by atoms with Crippen molar-refractivity contribution in [3.63, 3.8) is 0 Å². The van der Waals surface area contributed by atoms with Gasteiger partial charge in [0.1, 0.15) is 17.5 Å². The molecule has 2 aliphatic rings. The molecule has 4 heterocycles. The molecule has 0 spiro atoms. The second-order valence-electron chi connectivity index (χ2n) is 7.93. The molecule has 0 saturated carbocycles. The van der Waals surface area contributed by atoms with Gasteiger partial charge in [-0.3, -0.25) is 13.4 Å². The molecule has 10 nitrogen and oxygen atoms in total. The first-order valence-electron chi connectivity index (χ1n) is 10.6. The summed E-state index contributed by atoms with van der Waals surface area (Å²) in [5.41, 5.74) is 2.62. The number of benzene rings is 1. The lowest BCUT2D eigenvalue weighted by Crippen LogP contribution is -2.28. The van der Waals surface area contributed by atoms with Crippen molar-refractivity contribution >= 4 is 45.0 Å². The summed E-state index contributed by atoms with van der Waals surface area (Å²) in [5.74, 6) is 1.42. The number of aromatic nitrogens is 3. The van der Waals surface area contributed by atoms with Gasteiger partial charge >= 0.3 is 0 Å². The summed E-state index contributed by atoms with van der Waals surface area (Å²) in [6.07, 6.45) is 4.15. The van der Waals surface area contributed by atoms with E-state index in [0.29, 0.717) is 53.9 Å². The molecule has 0 radical (unpaired) electrons. The zero-order valence-corrected chi connectivity index (χ0v) is 18.2. The number of aromatic amines is 1. The molecule has 0 atom stereocenters. The highest BCUT2D eigenvalue weighted by atomic mass is 32.3. The molecule has 0 amide bonds. The van der Waals surface area contributed by atoms with Crippen molar-refractivity contribution in [2.24, 2.45) is 0 Å². The van der Waals surface area contributed by atoms with E-state index in [2.05, 4.69) is 31.7 Å². The number of hydrogen-bond donors (Lipinski definition) is 5. The van der Waals surface area contributed by atoms with Gasteiger partial charge in [-0.05, 0) is 43.5 Å². The van der Waals surface area contributed by atoms with Crippen LogP contribution in [0.1, 0.15) is 24.8 Å². The third kappa shape index (κ3) is 4.05. The van der Waals surface area contributed by atoms with Crippen molar-refractivity contribution < 1.29 is 13.8 Å². The van der Waals surface area contributed by atoms with E-state index in [-0.39, 0.29) is 6.04 Å². The number of anilines is 4. The summed E-state index contributed by atoms with van der Waals surface area (Å²) in [6.45, 7) is 2.02. The van der Waals surface area contributed by atoms with Crippen LogP contribution in [0.25, 0.3) is 11.0 Å². The molecule has 2 fully saturated rings. The second-order valence-corrected chi connectivity index (χ2v) is 10.0. The molecule has 3 aromatic rings. The Hall–Kier alpha value is -3.04. The molecular weight excluding hydrogens is 430 g/mol. The predicted molar refractivity (Wildman–Crippen MR) is 125 cm³/mol. The monoisotopic (exact) mass is 455 g/mol. The Bertz CT molecular complexity index is 1150. The summed E-state index contributed by atoms with van der Waals surface area (Å²) in [5, 5.41) is 16.8. The van der Waals surface area contributed by atoms with Gasteiger partial charge in [0.25, 0.3) is 0 Å². The number of fused-ring (bicyclic) bond motifs is 1. The van der Waals surface area contributed by atoms with Crippen LogP contribution in [0.5, 0.6) is 0 Å². The van der Waals surface area contributed by atoms with Crippen LogP contribution in [-0.2, 0) is 4.74 Å². The molecule has 11 heteroatoms. The third-order valence-corrected chi connectivity index (χ3v) is 7.69. The van der Waals surface area contributed by atoms with Gasteiger partial charge in [-0.25, -0.2) is 0 Å². The fourth-order valence-electron chi connectivity index (χ4n) is 4.11. The molecule has 32 heavy (non-hydrogen) atoms. The maximum Gasteiger partial charge on any atom is 0.231 e. The topological polar surface area (TPSA) is 142 Å². The minimum atomic E-state index is -2.72. The second kappa shape index (κ2) is 8.48. The van der Waals surface area contributed by atoms with Crippen molar-refractivity contribution in [2.75, 3.05) is 40.5 Å². The molecule has 5 N–H and O–H groups in total. The summed E-state index contributed by atoms with van der Waals surface area (Å²) in [7, 11) is -2.72. The normalized spacial score (nSPS) is 19.6. The first kappa shape index (κ1) is 20.8. The molecule has 1 aromatic carbocycles. The van der Waals surface area contributed by atoms with Crippen molar-refractivity contribution in [1.82, 2.24) is 15.0 Å². The quantitative estimate of drug-likeness (QED) is 0.385. The molecule has 0 aliphatic carbocycles. The van der Waals surface area contributed by atoms with E-state index in [0.717, 1.165) is 30.6 Å². The van der Waals surface area contributed by atoms with Crippen LogP contribution in [0.3, 0.4) is 0 Å². The van der Waals surface area contributed by atoms with Gasteiger partial charge in [0.05, 0.1) is 22.4 Å². The summed E-state index contributed by atoms with van der Waals surface area (Å²) in [4.78, 5) is 12.3. The Labute approximate surface area is 187 Å². The predicted octanol–water partition coefficient (Wildman–Crippen LogP) is 4.04. The molecule has 2 aromatic heterocycles. The van der Waals surface area contributed by atoms with E-state index in [1.54, 1.807) is 10.5 Å². The van der Waals surface area contributed by atoms with E-state index in [1.165, 1.54) is 0 Å². The largest absolute Gasteiger partial charge is 0.381 e. The van der Waals surface area contributed by atoms with Crippen LogP contribution in [0, 0.1) is 11.3 Å². The smallest absolute Gasteiger partial charge is 0.231 e. The Morgan fingerprint density at radius 3 is 2.66 bits per heavy atom. The van der Waals surface area contributed by atoms with Crippen molar-refractivity contribution in [3.05, 3.63) is 36.0 Å². The Kier molecular flexibility index (Phi) is 5.52. The minimum Gasteiger partial charge on any atom is -0.381 e. The summed E-state index contributed by atoms with van der Waals surface area (Å²) in [6, 6.07) is 9.83. The number of H-pyrrole nitrogens is 1. The zero-order valence-electron chi connectivity index (χ0n) is 17.4. The van der Waals surface area contributed by atoms with E-state index >= 15 is 0 Å². The van der Waals surface area contributed by atoms with Gasteiger partial charge in [0, 0.05) is 37.7 Å². The number of hydrogen-bond acceptors (Lipinski definition) is 9. The molecule has 0 bridgehead atoms. The summed E-state index contributed by atoms with van der Waals surface area (Å²) < 4.78 is 27.5. The van der Waals surface area contributed by atoms with Gasteiger partial charge < -0.3 is 20.4 Å². The van der Waals surface area contributed by atoms with E-state index in [4.69, 9.17) is 4.74 Å². The van der Waals surface area contributed by atoms with Crippen LogP contribution in [0.2, 0.25) is 0 Å². The van der Waals surface area contributed by atoms with Crippen LogP contribution in [0.4, 0.5) is 23.1 Å². The number of ether oxygens (including phenoxy) is 1. The van der Waals surface area contributed by atoms with E-state index in [9.17, 15) is 14.4 Å². The zero-order chi connectivity index (χ0) is 22.1. The van der Waals surface area contributed by atoms with Gasteiger partial charge in [0.2, 0.25) is 5.95 Å². The van der Waals surface area contributed by atoms with Gasteiger partial charge in [-0.2, -0.15) is 15.2 Å². The highest BCUT2D eigenvalue weighted by molar-refractivity contribution is 8.25. The first-order chi connectivity index (χ1) is 15.5. The Balaban J connectivity index is 1.41. The number of nitrogens with zero attached hydrogens (tertiary/aromatic N) is 4. The van der Waals surface area contributed by atoms with E-state index in [1.807, 2.05) is 24.3 Å². The lowest BCUT2D eigenvalue weighted by Gasteiger charge is -2.38. The maximum atomic E-state index is 10.2. The molecule has 2 aliphatic heterocycles. The third-order valence-electron chi connectivity index (χ3n) is 5.76. The highest BCUT2D eigenvalue weighted by Crippen LogP contribution is 2.51. The standard InChI is InChI=1S/C21H25N7O3S/c22-12-14-13-23-19-18(14)20(24-16-6-9-31-10-7-16)27-21(26-19)25-15-2-4-17(5-3-15)28-8-1-11-32(28,29)30/h2-5,13,16,29-30H,1,6-11H2,(H3,23,24,25,26,27). The number of nitriles is 1. The molecule has 168 valence electrons. The Morgan fingerprint density at radius 2 is 1.97 bits per heavy atom. The number of rotatable bonds is 5. The van der Waals surface area contributed by atoms with Crippen molar-refractivity contribution in [2.45, 2.75) is 25.3 Å². The lowest BCUT2D eigenvalue weighted by atomic mass is 10.1. The molecule has 0 unspecified atom stereocenters. The first-order valence-corrected chi connectivity index (χ1v) is 12.2. The fraction of sp³-hybridized carbons (Fsp3) is 0.381. The average molecular weight is 456 g/mol. The average Bonchev–Trinajstić information content (AvgIpc) is 3.37. The van der Waals surface area contributed by atoms with Crippen LogP contribution in [-0.4, -0.2) is 55.6 Å². The van der Waals surface area contributed by atoms with Crippen LogP contribution >= 0.6 is 10.8 Å². The van der Waals surface area contributed by atoms with Crippen molar-refractivity contribution in [1.29, 1.82) is 5.26 Å². The van der Waals surface area contributed by atoms with Crippen LogP contribution < -0.4 is 14.9 Å². The fourth-order valence-corrected chi connectivity index (χ4v) is 5.73. The number of nitrogens with one attached hydrogen (secondary N) is 3. The Morgan fingerprint density at radius 1 is 1.19 bits per heavy atom. The van der Waals surface area contributed by atoms with Crippen molar-refractivity contribution in [3.8, 4) is 6.07 Å². The molecule has 2 saturated heterocycles. The maximum absolute atomic E-state index is 10.2.